The molecule has 0 spiro atoms. The van der Waals surface area contributed by atoms with Crippen molar-refractivity contribution in [3.63, 3.8) is 0 Å². The van der Waals surface area contributed by atoms with Crippen LogP contribution in [0.2, 0.25) is 0 Å². The Hall–Kier alpha value is -1.95. The molecule has 0 saturated carbocycles. The Kier molecular flexibility index (Phi) is 5.95. The Morgan fingerprint density at radius 1 is 1.21 bits per heavy atom. The van der Waals surface area contributed by atoms with Crippen LogP contribution in [0.3, 0.4) is 0 Å². The third-order valence-corrected chi connectivity index (χ3v) is 2.62. The predicted molar refractivity (Wildman–Crippen MR) is 69.9 cm³/mol. The van der Waals surface area contributed by atoms with Gasteiger partial charge in [0.2, 0.25) is 0 Å². The van der Waals surface area contributed by atoms with Crippen molar-refractivity contribution in [2.75, 3.05) is 19.6 Å². The molecular formula is C13H18FN3O2. The standard InChI is InChI=1S/C13H18FN3O2/c1-9-8-11(14)3-2-10(9)4-6-16-12(18)13(19)17-7-5-15/h2-3,8H,4-7,15H2,1H3,(H,16,18)(H,17,19). The highest BCUT2D eigenvalue weighted by molar-refractivity contribution is 6.35. The average molecular weight is 267 g/mol. The van der Waals surface area contributed by atoms with Crippen molar-refractivity contribution in [2.24, 2.45) is 5.73 Å². The van der Waals surface area contributed by atoms with Crippen molar-refractivity contribution >= 4 is 11.8 Å². The number of amides is 2. The Labute approximate surface area is 111 Å². The number of halogens is 1. The normalized spacial score (nSPS) is 10.1. The molecule has 0 aliphatic carbocycles. The van der Waals surface area contributed by atoms with Gasteiger partial charge < -0.3 is 16.4 Å². The summed E-state index contributed by atoms with van der Waals surface area (Å²) in [7, 11) is 0. The van der Waals surface area contributed by atoms with E-state index in [1.54, 1.807) is 13.0 Å². The van der Waals surface area contributed by atoms with E-state index in [4.69, 9.17) is 5.73 Å². The minimum Gasteiger partial charge on any atom is -0.348 e. The van der Waals surface area contributed by atoms with Crippen LogP contribution in [0.25, 0.3) is 0 Å². The second-order valence-corrected chi connectivity index (χ2v) is 4.12. The third-order valence-electron chi connectivity index (χ3n) is 2.62. The van der Waals surface area contributed by atoms with Gasteiger partial charge in [0.05, 0.1) is 0 Å². The molecule has 104 valence electrons. The highest BCUT2D eigenvalue weighted by Gasteiger charge is 2.11. The largest absolute Gasteiger partial charge is 0.348 e. The molecule has 0 unspecified atom stereocenters. The smallest absolute Gasteiger partial charge is 0.309 e. The van der Waals surface area contributed by atoms with Gasteiger partial charge in [-0.15, -0.1) is 0 Å². The summed E-state index contributed by atoms with van der Waals surface area (Å²) in [5, 5.41) is 4.87. The van der Waals surface area contributed by atoms with Gasteiger partial charge in [0, 0.05) is 19.6 Å². The van der Waals surface area contributed by atoms with Gasteiger partial charge in [-0.1, -0.05) is 6.07 Å². The summed E-state index contributed by atoms with van der Waals surface area (Å²) in [6.45, 7) is 2.67. The number of hydrogen-bond donors (Lipinski definition) is 3. The number of aryl methyl sites for hydroxylation is 1. The highest BCUT2D eigenvalue weighted by atomic mass is 19.1. The maximum absolute atomic E-state index is 12.9. The number of nitrogens with two attached hydrogens (primary N) is 1. The molecule has 0 saturated heterocycles. The fourth-order valence-electron chi connectivity index (χ4n) is 1.60. The van der Waals surface area contributed by atoms with Crippen molar-refractivity contribution in [2.45, 2.75) is 13.3 Å². The quantitative estimate of drug-likeness (QED) is 0.650. The molecule has 0 radical (unpaired) electrons. The Balaban J connectivity index is 2.37. The molecule has 2 amide bonds. The second-order valence-electron chi connectivity index (χ2n) is 4.12. The lowest BCUT2D eigenvalue weighted by atomic mass is 10.1. The Bertz CT molecular complexity index is 463. The highest BCUT2D eigenvalue weighted by Crippen LogP contribution is 2.10. The number of rotatable bonds is 5. The van der Waals surface area contributed by atoms with Crippen LogP contribution in [-0.4, -0.2) is 31.4 Å². The van der Waals surface area contributed by atoms with Crippen molar-refractivity contribution in [3.05, 3.63) is 35.1 Å². The predicted octanol–water partition coefficient (Wildman–Crippen LogP) is -0.132. The topological polar surface area (TPSA) is 84.2 Å². The van der Waals surface area contributed by atoms with E-state index in [0.29, 0.717) is 13.0 Å². The Morgan fingerprint density at radius 3 is 2.42 bits per heavy atom. The molecule has 0 aliphatic rings. The van der Waals surface area contributed by atoms with Crippen LogP contribution in [-0.2, 0) is 16.0 Å². The summed E-state index contributed by atoms with van der Waals surface area (Å²) in [6.07, 6.45) is 0.544. The number of nitrogens with one attached hydrogen (secondary N) is 2. The van der Waals surface area contributed by atoms with E-state index in [0.717, 1.165) is 11.1 Å². The van der Waals surface area contributed by atoms with Gasteiger partial charge in [-0.05, 0) is 36.6 Å². The number of benzene rings is 1. The van der Waals surface area contributed by atoms with E-state index in [9.17, 15) is 14.0 Å². The fraction of sp³-hybridized carbons (Fsp3) is 0.385. The summed E-state index contributed by atoms with van der Waals surface area (Å²) in [4.78, 5) is 22.6. The molecule has 0 aliphatic heterocycles. The van der Waals surface area contributed by atoms with Gasteiger partial charge >= 0.3 is 11.8 Å². The molecule has 0 atom stereocenters. The van der Waals surface area contributed by atoms with Crippen molar-refractivity contribution < 1.29 is 14.0 Å². The zero-order valence-corrected chi connectivity index (χ0v) is 10.8. The molecular weight excluding hydrogens is 249 g/mol. The van der Waals surface area contributed by atoms with Gasteiger partial charge in [0.15, 0.2) is 0 Å². The second kappa shape index (κ2) is 7.48. The maximum Gasteiger partial charge on any atom is 0.309 e. The van der Waals surface area contributed by atoms with Gasteiger partial charge in [-0.25, -0.2) is 4.39 Å². The summed E-state index contributed by atoms with van der Waals surface area (Å²) in [5.41, 5.74) is 6.96. The van der Waals surface area contributed by atoms with E-state index in [1.807, 2.05) is 0 Å². The molecule has 0 aromatic heterocycles. The lowest BCUT2D eigenvalue weighted by Crippen LogP contribution is -2.42. The van der Waals surface area contributed by atoms with Crippen LogP contribution >= 0.6 is 0 Å². The molecule has 1 aromatic rings. The van der Waals surface area contributed by atoms with Crippen molar-refractivity contribution in [3.8, 4) is 0 Å². The first-order valence-corrected chi connectivity index (χ1v) is 6.05. The molecule has 0 fully saturated rings. The monoisotopic (exact) mass is 267 g/mol. The lowest BCUT2D eigenvalue weighted by molar-refractivity contribution is -0.139. The summed E-state index contributed by atoms with van der Waals surface area (Å²) < 4.78 is 12.9. The molecule has 4 N–H and O–H groups in total. The maximum atomic E-state index is 12.9. The van der Waals surface area contributed by atoms with Gasteiger partial charge in [-0.2, -0.15) is 0 Å². The first-order chi connectivity index (χ1) is 9.04. The molecule has 1 rings (SSSR count). The van der Waals surface area contributed by atoms with Crippen LogP contribution in [0, 0.1) is 12.7 Å². The van der Waals surface area contributed by atoms with Crippen LogP contribution in [0.5, 0.6) is 0 Å². The molecule has 0 heterocycles. The molecule has 6 heteroatoms. The van der Waals surface area contributed by atoms with E-state index < -0.39 is 11.8 Å². The first-order valence-electron chi connectivity index (χ1n) is 6.05. The average Bonchev–Trinajstić information content (AvgIpc) is 2.38. The number of hydrogen-bond acceptors (Lipinski definition) is 3. The van der Waals surface area contributed by atoms with Crippen LogP contribution in [0.4, 0.5) is 4.39 Å². The molecule has 5 nitrogen and oxygen atoms in total. The Morgan fingerprint density at radius 2 is 1.84 bits per heavy atom. The minimum atomic E-state index is -0.693. The molecule has 0 bridgehead atoms. The summed E-state index contributed by atoms with van der Waals surface area (Å²) in [6, 6.07) is 4.48. The number of carbonyl (C=O) groups excluding carboxylic acids is 2. The SMILES string of the molecule is Cc1cc(F)ccc1CCNC(=O)C(=O)NCCN. The minimum absolute atomic E-state index is 0.267. The molecule has 1 aromatic carbocycles. The van der Waals surface area contributed by atoms with Crippen LogP contribution in [0.15, 0.2) is 18.2 Å². The summed E-state index contributed by atoms with van der Waals surface area (Å²) >= 11 is 0. The lowest BCUT2D eigenvalue weighted by Gasteiger charge is -2.07. The van der Waals surface area contributed by atoms with Gasteiger partial charge in [-0.3, -0.25) is 9.59 Å². The van der Waals surface area contributed by atoms with Crippen molar-refractivity contribution in [1.82, 2.24) is 10.6 Å². The van der Waals surface area contributed by atoms with Gasteiger partial charge in [0.25, 0.3) is 0 Å². The van der Waals surface area contributed by atoms with Crippen molar-refractivity contribution in [1.29, 1.82) is 0 Å². The van der Waals surface area contributed by atoms with Crippen LogP contribution in [0.1, 0.15) is 11.1 Å². The first kappa shape index (κ1) is 15.1. The van der Waals surface area contributed by atoms with E-state index >= 15 is 0 Å². The fourth-order valence-corrected chi connectivity index (χ4v) is 1.60. The number of carbonyl (C=O) groups is 2. The van der Waals surface area contributed by atoms with Gasteiger partial charge in [0.1, 0.15) is 5.82 Å². The summed E-state index contributed by atoms with van der Waals surface area (Å²) in [5.74, 6) is -1.67. The van der Waals surface area contributed by atoms with E-state index in [-0.39, 0.29) is 18.9 Å². The molecule has 19 heavy (non-hydrogen) atoms. The van der Waals surface area contributed by atoms with E-state index in [2.05, 4.69) is 10.6 Å². The van der Waals surface area contributed by atoms with E-state index in [1.165, 1.54) is 12.1 Å². The van der Waals surface area contributed by atoms with Crippen LogP contribution < -0.4 is 16.4 Å². The third kappa shape index (κ3) is 5.05. The zero-order valence-electron chi connectivity index (χ0n) is 10.8. The zero-order chi connectivity index (χ0) is 14.3.